The lowest BCUT2D eigenvalue weighted by Crippen LogP contribution is -2.27. The summed E-state index contributed by atoms with van der Waals surface area (Å²) in [5.74, 6) is -1.38. The van der Waals surface area contributed by atoms with E-state index in [0.29, 0.717) is 10.5 Å². The van der Waals surface area contributed by atoms with E-state index in [9.17, 15) is 14.4 Å². The van der Waals surface area contributed by atoms with Crippen LogP contribution in [-0.2, 0) is 11.3 Å². The summed E-state index contributed by atoms with van der Waals surface area (Å²) < 4.78 is 0. The Morgan fingerprint density at radius 2 is 1.79 bits per heavy atom. The average molecular weight is 340 g/mol. The molecule has 0 spiro atoms. The van der Waals surface area contributed by atoms with Gasteiger partial charge in [0.2, 0.25) is 0 Å². The number of carboxylic acids is 1. The number of hydrogen-bond acceptors (Lipinski definition) is 5. The first-order valence-electron chi connectivity index (χ1n) is 7.02. The summed E-state index contributed by atoms with van der Waals surface area (Å²) in [5, 5.41) is 8.54. The molecule has 120 valence electrons. The lowest BCUT2D eigenvalue weighted by Gasteiger charge is -2.12. The highest BCUT2D eigenvalue weighted by Gasteiger charge is 2.34. The van der Waals surface area contributed by atoms with Crippen molar-refractivity contribution in [1.29, 1.82) is 0 Å². The molecule has 0 aliphatic carbocycles. The molecule has 1 N–H and O–H groups in total. The number of pyridine rings is 1. The summed E-state index contributed by atoms with van der Waals surface area (Å²) >= 11 is 0.888. The number of imide groups is 1. The van der Waals surface area contributed by atoms with Crippen LogP contribution in [0.4, 0.5) is 4.79 Å². The van der Waals surface area contributed by atoms with E-state index in [0.717, 1.165) is 22.2 Å². The lowest BCUT2D eigenvalue weighted by molar-refractivity contribution is -0.123. The van der Waals surface area contributed by atoms with E-state index in [1.807, 2.05) is 0 Å². The summed E-state index contributed by atoms with van der Waals surface area (Å²) in [7, 11) is 0. The molecule has 1 aliphatic heterocycles. The van der Waals surface area contributed by atoms with Crippen molar-refractivity contribution in [1.82, 2.24) is 9.88 Å². The van der Waals surface area contributed by atoms with E-state index >= 15 is 0 Å². The molecule has 0 bridgehead atoms. The van der Waals surface area contributed by atoms with Gasteiger partial charge < -0.3 is 5.11 Å². The van der Waals surface area contributed by atoms with Crippen molar-refractivity contribution in [3.63, 3.8) is 0 Å². The van der Waals surface area contributed by atoms with Crippen LogP contribution in [0.25, 0.3) is 6.08 Å². The van der Waals surface area contributed by atoms with E-state index in [2.05, 4.69) is 4.98 Å². The second-order valence-corrected chi connectivity index (χ2v) is 6.04. The van der Waals surface area contributed by atoms with Gasteiger partial charge in [-0.2, -0.15) is 0 Å². The molecule has 2 heterocycles. The molecule has 1 aromatic heterocycles. The quantitative estimate of drug-likeness (QED) is 0.861. The molecule has 6 nitrogen and oxygen atoms in total. The van der Waals surface area contributed by atoms with Crippen LogP contribution in [0, 0.1) is 0 Å². The van der Waals surface area contributed by atoms with Gasteiger partial charge in [-0.25, -0.2) is 4.79 Å². The van der Waals surface area contributed by atoms with Gasteiger partial charge in [0.05, 0.1) is 17.0 Å². The first-order valence-corrected chi connectivity index (χ1v) is 7.84. The van der Waals surface area contributed by atoms with Crippen LogP contribution in [0.15, 0.2) is 53.7 Å². The van der Waals surface area contributed by atoms with Gasteiger partial charge in [0.15, 0.2) is 0 Å². The molecule has 0 radical (unpaired) electrons. The lowest BCUT2D eigenvalue weighted by atomic mass is 10.1. The number of hydrogen-bond donors (Lipinski definition) is 1. The number of carbonyl (C=O) groups is 3. The molecule has 7 heteroatoms. The normalized spacial score (nSPS) is 16.0. The first-order chi connectivity index (χ1) is 11.5. The minimum atomic E-state index is -1.02. The predicted molar refractivity (Wildman–Crippen MR) is 89.2 cm³/mol. The van der Waals surface area contributed by atoms with Crippen molar-refractivity contribution in [3.8, 4) is 0 Å². The monoisotopic (exact) mass is 340 g/mol. The molecule has 0 saturated carbocycles. The Bertz CT molecular complexity index is 831. The van der Waals surface area contributed by atoms with Crippen molar-refractivity contribution in [2.75, 3.05) is 0 Å². The van der Waals surface area contributed by atoms with Gasteiger partial charge in [0.1, 0.15) is 0 Å². The number of aromatic carboxylic acids is 1. The molecule has 0 atom stereocenters. The second-order valence-electron chi connectivity index (χ2n) is 5.05. The zero-order valence-electron chi connectivity index (χ0n) is 12.4. The molecule has 2 aromatic rings. The molecule has 2 amide bonds. The highest BCUT2D eigenvalue weighted by molar-refractivity contribution is 8.18. The predicted octanol–water partition coefficient (Wildman–Crippen LogP) is 3.02. The molecule has 1 aromatic carbocycles. The number of aromatic nitrogens is 1. The maximum Gasteiger partial charge on any atom is 0.335 e. The van der Waals surface area contributed by atoms with Crippen LogP contribution < -0.4 is 0 Å². The van der Waals surface area contributed by atoms with Crippen LogP contribution >= 0.6 is 11.8 Å². The summed E-state index contributed by atoms with van der Waals surface area (Å²) in [6.07, 6.45) is 4.88. The number of nitrogens with zero attached hydrogens (tertiary/aromatic N) is 2. The number of benzene rings is 1. The molecule has 3 rings (SSSR count). The third kappa shape index (κ3) is 3.36. The molecule has 1 fully saturated rings. The Kier molecular flexibility index (Phi) is 4.43. The van der Waals surface area contributed by atoms with Crippen molar-refractivity contribution in [2.24, 2.45) is 0 Å². The van der Waals surface area contributed by atoms with Gasteiger partial charge in [-0.15, -0.1) is 0 Å². The molecule has 24 heavy (non-hydrogen) atoms. The summed E-state index contributed by atoms with van der Waals surface area (Å²) in [6, 6.07) is 9.59. The van der Waals surface area contributed by atoms with Gasteiger partial charge >= 0.3 is 5.97 Å². The zero-order valence-corrected chi connectivity index (χ0v) is 13.2. The van der Waals surface area contributed by atoms with Crippen LogP contribution in [-0.4, -0.2) is 32.1 Å². The van der Waals surface area contributed by atoms with Gasteiger partial charge in [0, 0.05) is 12.4 Å². The highest BCUT2D eigenvalue weighted by Crippen LogP contribution is 2.33. The number of rotatable bonds is 4. The standard InChI is InChI=1S/C17H12N2O4S/c20-15-14(9-11-5-7-18-8-6-11)24-17(23)19(15)10-12-1-3-13(4-2-12)16(21)22/h1-9H,10H2,(H,21,22)/b14-9-. The summed E-state index contributed by atoms with van der Waals surface area (Å²) in [5.41, 5.74) is 1.64. The molecule has 1 saturated heterocycles. The fraction of sp³-hybridized carbons (Fsp3) is 0.0588. The van der Waals surface area contributed by atoms with Crippen LogP contribution in [0.5, 0.6) is 0 Å². The Balaban J connectivity index is 1.77. The number of amides is 2. The van der Waals surface area contributed by atoms with E-state index in [4.69, 9.17) is 5.11 Å². The van der Waals surface area contributed by atoms with E-state index in [-0.39, 0.29) is 23.3 Å². The largest absolute Gasteiger partial charge is 0.478 e. The fourth-order valence-electron chi connectivity index (χ4n) is 2.18. The maximum atomic E-state index is 12.4. The fourth-order valence-corrected chi connectivity index (χ4v) is 3.02. The van der Waals surface area contributed by atoms with Gasteiger partial charge in [-0.05, 0) is 53.2 Å². The number of carboxylic acid groups (broad SMARTS) is 1. The van der Waals surface area contributed by atoms with Crippen LogP contribution in [0.3, 0.4) is 0 Å². The first kappa shape index (κ1) is 15.9. The van der Waals surface area contributed by atoms with Crippen molar-refractivity contribution < 1.29 is 19.5 Å². The van der Waals surface area contributed by atoms with Crippen molar-refractivity contribution in [2.45, 2.75) is 6.54 Å². The highest BCUT2D eigenvalue weighted by atomic mass is 32.2. The summed E-state index contributed by atoms with van der Waals surface area (Å²) in [6.45, 7) is 0.109. The number of carbonyl (C=O) groups excluding carboxylic acids is 2. The van der Waals surface area contributed by atoms with E-state index in [1.165, 1.54) is 12.1 Å². The van der Waals surface area contributed by atoms with E-state index < -0.39 is 5.97 Å². The molecule has 1 aliphatic rings. The van der Waals surface area contributed by atoms with E-state index in [1.54, 1.807) is 42.7 Å². The molecular weight excluding hydrogens is 328 g/mol. The summed E-state index contributed by atoms with van der Waals surface area (Å²) in [4.78, 5) is 40.7. The number of thioether (sulfide) groups is 1. The van der Waals surface area contributed by atoms with Gasteiger partial charge in [-0.3, -0.25) is 19.5 Å². The molecule has 0 unspecified atom stereocenters. The third-order valence-corrected chi connectivity index (χ3v) is 4.33. The van der Waals surface area contributed by atoms with Crippen LogP contribution in [0.1, 0.15) is 21.5 Å². The maximum absolute atomic E-state index is 12.4. The van der Waals surface area contributed by atoms with Gasteiger partial charge in [0.25, 0.3) is 11.1 Å². The molecular formula is C17H12N2O4S. The Labute approximate surface area is 141 Å². The van der Waals surface area contributed by atoms with Crippen molar-refractivity contribution in [3.05, 3.63) is 70.4 Å². The smallest absolute Gasteiger partial charge is 0.335 e. The minimum absolute atomic E-state index is 0.109. The topological polar surface area (TPSA) is 87.6 Å². The van der Waals surface area contributed by atoms with Gasteiger partial charge in [-0.1, -0.05) is 12.1 Å². The SMILES string of the molecule is O=C(O)c1ccc(CN2C(=O)S/C(=C\c3ccncc3)C2=O)cc1. The Morgan fingerprint density at radius 1 is 1.12 bits per heavy atom. The minimum Gasteiger partial charge on any atom is -0.478 e. The Hall–Kier alpha value is -2.93. The van der Waals surface area contributed by atoms with Crippen molar-refractivity contribution >= 4 is 35.0 Å². The average Bonchev–Trinajstić information content (AvgIpc) is 2.84. The Morgan fingerprint density at radius 3 is 2.42 bits per heavy atom. The zero-order chi connectivity index (χ0) is 17.1. The van der Waals surface area contributed by atoms with Crippen LogP contribution in [0.2, 0.25) is 0 Å². The second kappa shape index (κ2) is 6.67. The third-order valence-electron chi connectivity index (χ3n) is 3.42.